The fourth-order valence-electron chi connectivity index (χ4n) is 2.94. The number of likely N-dealkylation sites (N-methyl/N-ethyl adjacent to an activating group) is 1. The van der Waals surface area contributed by atoms with Crippen molar-refractivity contribution in [3.8, 4) is 5.75 Å². The molecule has 2 aromatic carbocycles. The second-order valence-corrected chi connectivity index (χ2v) is 6.28. The van der Waals surface area contributed by atoms with E-state index in [9.17, 15) is 14.0 Å². The highest BCUT2D eigenvalue weighted by atomic mass is 19.1. The van der Waals surface area contributed by atoms with Gasteiger partial charge in [-0.15, -0.1) is 0 Å². The molecule has 1 atom stereocenters. The van der Waals surface area contributed by atoms with Crippen LogP contribution in [0.3, 0.4) is 0 Å². The van der Waals surface area contributed by atoms with Crippen LogP contribution in [0.25, 0.3) is 0 Å². The second-order valence-electron chi connectivity index (χ2n) is 6.28. The predicted octanol–water partition coefficient (Wildman–Crippen LogP) is 1.54. The number of benzene rings is 2. The Kier molecular flexibility index (Phi) is 5.18. The number of carbonyl (C=O) groups excluding carboxylic acids is 2. The number of carbonyl (C=O) groups is 2. The van der Waals surface area contributed by atoms with Crippen LogP contribution in [0.15, 0.2) is 48.5 Å². The Hall–Kier alpha value is -2.93. The minimum absolute atomic E-state index is 0.0684. The highest BCUT2D eigenvalue weighted by molar-refractivity contribution is 5.98. The Morgan fingerprint density at radius 2 is 2.04 bits per heavy atom. The smallest absolute Gasteiger partial charge is 0.260 e. The van der Waals surface area contributed by atoms with E-state index in [1.807, 2.05) is 0 Å². The molecule has 3 rings (SSSR count). The number of anilines is 1. The molecular weight excluding hydrogens is 337 g/mol. The lowest BCUT2D eigenvalue weighted by molar-refractivity contribution is -0.125. The van der Waals surface area contributed by atoms with Crippen LogP contribution in [-0.4, -0.2) is 43.0 Å². The monoisotopic (exact) mass is 357 g/mol. The number of ether oxygens (including phenoxy) is 1. The van der Waals surface area contributed by atoms with Crippen LogP contribution in [0.2, 0.25) is 0 Å². The van der Waals surface area contributed by atoms with E-state index in [0.717, 1.165) is 5.56 Å². The predicted molar refractivity (Wildman–Crippen MR) is 95.1 cm³/mol. The summed E-state index contributed by atoms with van der Waals surface area (Å²) >= 11 is 0. The lowest BCUT2D eigenvalue weighted by atomic mass is 10.1. The third-order valence-electron chi connectivity index (χ3n) is 4.14. The molecule has 2 aromatic rings. The SMILES string of the molecule is CN(CC(=O)N1C[C@H](C(N)=O)Oc2ccccc21)Cc1cccc(F)c1. The van der Waals surface area contributed by atoms with Gasteiger partial charge in [0.1, 0.15) is 11.6 Å². The Morgan fingerprint density at radius 3 is 2.77 bits per heavy atom. The molecule has 0 fully saturated rings. The first-order valence-corrected chi connectivity index (χ1v) is 8.22. The first kappa shape index (κ1) is 17.9. The molecule has 7 heteroatoms. The zero-order valence-corrected chi connectivity index (χ0v) is 14.4. The van der Waals surface area contributed by atoms with Crippen LogP contribution in [0.5, 0.6) is 5.75 Å². The fourth-order valence-corrected chi connectivity index (χ4v) is 2.94. The highest BCUT2D eigenvalue weighted by Gasteiger charge is 2.32. The van der Waals surface area contributed by atoms with Crippen molar-refractivity contribution in [3.63, 3.8) is 0 Å². The number of fused-ring (bicyclic) bond motifs is 1. The fraction of sp³-hybridized carbons (Fsp3) is 0.263. The van der Waals surface area contributed by atoms with Gasteiger partial charge in [0.2, 0.25) is 5.91 Å². The van der Waals surface area contributed by atoms with E-state index in [1.54, 1.807) is 48.3 Å². The van der Waals surface area contributed by atoms with Crippen molar-refractivity contribution in [1.82, 2.24) is 4.90 Å². The zero-order chi connectivity index (χ0) is 18.7. The number of hydrogen-bond acceptors (Lipinski definition) is 4. The van der Waals surface area contributed by atoms with Gasteiger partial charge in [-0.25, -0.2) is 4.39 Å². The van der Waals surface area contributed by atoms with E-state index in [4.69, 9.17) is 10.5 Å². The largest absolute Gasteiger partial charge is 0.477 e. The molecule has 0 saturated heterocycles. The Labute approximate surface area is 150 Å². The van der Waals surface area contributed by atoms with Gasteiger partial charge < -0.3 is 15.4 Å². The number of amides is 2. The summed E-state index contributed by atoms with van der Waals surface area (Å²) < 4.78 is 18.9. The number of para-hydroxylation sites is 2. The van der Waals surface area contributed by atoms with Crippen LogP contribution in [-0.2, 0) is 16.1 Å². The van der Waals surface area contributed by atoms with E-state index >= 15 is 0 Å². The molecule has 2 amide bonds. The summed E-state index contributed by atoms with van der Waals surface area (Å²) in [6.07, 6.45) is -0.887. The molecule has 0 spiro atoms. The van der Waals surface area contributed by atoms with Gasteiger partial charge in [0, 0.05) is 6.54 Å². The molecule has 2 N–H and O–H groups in total. The van der Waals surface area contributed by atoms with Gasteiger partial charge in [0.05, 0.1) is 18.8 Å². The van der Waals surface area contributed by atoms with Crippen molar-refractivity contribution in [3.05, 3.63) is 59.9 Å². The summed E-state index contributed by atoms with van der Waals surface area (Å²) in [5.41, 5.74) is 6.74. The van der Waals surface area contributed by atoms with Gasteiger partial charge >= 0.3 is 0 Å². The summed E-state index contributed by atoms with van der Waals surface area (Å²) in [4.78, 5) is 27.6. The van der Waals surface area contributed by atoms with Crippen LogP contribution in [0, 0.1) is 5.82 Å². The number of primary amides is 1. The van der Waals surface area contributed by atoms with Crippen LogP contribution in [0.1, 0.15) is 5.56 Å². The average Bonchev–Trinajstić information content (AvgIpc) is 2.60. The van der Waals surface area contributed by atoms with Crippen LogP contribution < -0.4 is 15.4 Å². The molecule has 0 aromatic heterocycles. The Bertz CT molecular complexity index is 827. The minimum atomic E-state index is -0.887. The lowest BCUT2D eigenvalue weighted by Crippen LogP contribution is -2.51. The maximum atomic E-state index is 13.3. The number of nitrogens with two attached hydrogens (primary N) is 1. The average molecular weight is 357 g/mol. The van der Waals surface area contributed by atoms with Gasteiger partial charge in [0.15, 0.2) is 6.10 Å². The highest BCUT2D eigenvalue weighted by Crippen LogP contribution is 2.33. The van der Waals surface area contributed by atoms with Gasteiger partial charge in [-0.2, -0.15) is 0 Å². The molecule has 1 aliphatic rings. The quantitative estimate of drug-likeness (QED) is 0.881. The summed E-state index contributed by atoms with van der Waals surface area (Å²) in [6, 6.07) is 13.3. The van der Waals surface area contributed by atoms with Crippen molar-refractivity contribution in [2.45, 2.75) is 12.6 Å². The number of halogens is 1. The van der Waals surface area contributed by atoms with Crippen LogP contribution >= 0.6 is 0 Å². The summed E-state index contributed by atoms with van der Waals surface area (Å²) in [7, 11) is 1.78. The van der Waals surface area contributed by atoms with Crippen molar-refractivity contribution >= 4 is 17.5 Å². The normalized spacial score (nSPS) is 16.1. The third kappa shape index (κ3) is 4.00. The van der Waals surface area contributed by atoms with E-state index in [1.165, 1.54) is 17.0 Å². The summed E-state index contributed by atoms with van der Waals surface area (Å²) in [5, 5.41) is 0. The van der Waals surface area contributed by atoms with Gasteiger partial charge in [0.25, 0.3) is 5.91 Å². The molecule has 0 bridgehead atoms. The van der Waals surface area contributed by atoms with Crippen molar-refractivity contribution in [2.24, 2.45) is 5.73 Å². The van der Waals surface area contributed by atoms with Crippen molar-refractivity contribution in [1.29, 1.82) is 0 Å². The zero-order valence-electron chi connectivity index (χ0n) is 14.4. The molecule has 1 heterocycles. The first-order chi connectivity index (χ1) is 12.4. The van der Waals surface area contributed by atoms with Gasteiger partial charge in [-0.05, 0) is 36.9 Å². The molecule has 1 aliphatic heterocycles. The summed E-state index contributed by atoms with van der Waals surface area (Å²) in [5.74, 6) is -0.673. The second kappa shape index (κ2) is 7.53. The van der Waals surface area contributed by atoms with Crippen molar-refractivity contribution < 1.29 is 18.7 Å². The topological polar surface area (TPSA) is 75.9 Å². The van der Waals surface area contributed by atoms with E-state index in [2.05, 4.69) is 0 Å². The van der Waals surface area contributed by atoms with Gasteiger partial charge in [-0.1, -0.05) is 24.3 Å². The molecule has 6 nitrogen and oxygen atoms in total. The summed E-state index contributed by atoms with van der Waals surface area (Å²) in [6.45, 7) is 0.601. The Morgan fingerprint density at radius 1 is 1.27 bits per heavy atom. The first-order valence-electron chi connectivity index (χ1n) is 8.22. The van der Waals surface area contributed by atoms with E-state index in [-0.39, 0.29) is 24.8 Å². The number of hydrogen-bond donors (Lipinski definition) is 1. The maximum Gasteiger partial charge on any atom is 0.260 e. The maximum absolute atomic E-state index is 13.3. The molecule has 26 heavy (non-hydrogen) atoms. The lowest BCUT2D eigenvalue weighted by Gasteiger charge is -2.34. The molecule has 136 valence electrons. The van der Waals surface area contributed by atoms with Crippen molar-refractivity contribution in [2.75, 3.05) is 25.0 Å². The molecule has 0 aliphatic carbocycles. The van der Waals surface area contributed by atoms with Crippen LogP contribution in [0.4, 0.5) is 10.1 Å². The number of rotatable bonds is 5. The van der Waals surface area contributed by atoms with Gasteiger partial charge in [-0.3, -0.25) is 14.5 Å². The Balaban J connectivity index is 1.73. The van der Waals surface area contributed by atoms with E-state index in [0.29, 0.717) is 18.0 Å². The van der Waals surface area contributed by atoms with E-state index < -0.39 is 12.0 Å². The molecule has 0 saturated carbocycles. The third-order valence-corrected chi connectivity index (χ3v) is 4.14. The molecular formula is C19H20FN3O3. The number of nitrogens with zero attached hydrogens (tertiary/aromatic N) is 2. The minimum Gasteiger partial charge on any atom is -0.477 e. The molecule has 0 radical (unpaired) electrons. The standard InChI is InChI=1S/C19H20FN3O3/c1-22(10-13-5-4-6-14(20)9-13)12-18(24)23-11-17(19(21)25)26-16-8-3-2-7-15(16)23/h2-9,17H,10-12H2,1H3,(H2,21,25)/t17-/m1/s1. The molecule has 0 unspecified atom stereocenters.